The summed E-state index contributed by atoms with van der Waals surface area (Å²) >= 11 is 0.607. The lowest BCUT2D eigenvalue weighted by Crippen LogP contribution is -2.45. The van der Waals surface area contributed by atoms with E-state index in [0.717, 1.165) is 0 Å². The van der Waals surface area contributed by atoms with Crippen LogP contribution in [0.3, 0.4) is 0 Å². The lowest BCUT2D eigenvalue weighted by Gasteiger charge is -2.19. The van der Waals surface area contributed by atoms with E-state index >= 15 is 0 Å². The van der Waals surface area contributed by atoms with Gasteiger partial charge in [0.15, 0.2) is 0 Å². The maximum Gasteiger partial charge on any atom is 0.132 e. The Hall–Kier alpha value is -1.69. The summed E-state index contributed by atoms with van der Waals surface area (Å²) in [5, 5.41) is 19.3. The average molecular weight is 240 g/mol. The van der Waals surface area contributed by atoms with E-state index in [1.165, 1.54) is 7.11 Å². The molecule has 0 aliphatic carbocycles. The Morgan fingerprint density at radius 3 is 2.31 bits per heavy atom. The lowest BCUT2D eigenvalue weighted by atomic mass is 10.3. The smallest absolute Gasteiger partial charge is 0.132 e. The van der Waals surface area contributed by atoms with Crippen molar-refractivity contribution in [3.63, 3.8) is 0 Å². The Bertz CT molecular complexity index is 390. The zero-order valence-electron chi connectivity index (χ0n) is 8.34. The number of carbonyl (C=O) groups excluding carboxylic acids is 2. The van der Waals surface area contributed by atoms with Crippen LogP contribution >= 0.6 is 11.8 Å². The molecule has 1 rings (SSSR count). The monoisotopic (exact) mass is 240 g/mol. The standard InChI is InChI=1S/C10H10O5S/c1-15-6-4-2-3-5-7(6)16-8(9(11)12)10(13)14/h2-5,8H,1H3,(H,11,12)(H,13,14)/p-2. The first kappa shape index (κ1) is 12.4. The summed E-state index contributed by atoms with van der Waals surface area (Å²) < 4.78 is 4.96. The van der Waals surface area contributed by atoms with Crippen molar-refractivity contribution in [2.24, 2.45) is 0 Å². The predicted molar refractivity (Wildman–Crippen MR) is 52.7 cm³/mol. The average Bonchev–Trinajstić information content (AvgIpc) is 2.25. The molecule has 16 heavy (non-hydrogen) atoms. The minimum Gasteiger partial charge on any atom is -0.549 e. The second-order valence-corrected chi connectivity index (χ2v) is 3.93. The molecule has 0 bridgehead atoms. The molecule has 0 N–H and O–H groups in total. The molecule has 0 saturated heterocycles. The van der Waals surface area contributed by atoms with Crippen molar-refractivity contribution in [1.29, 1.82) is 0 Å². The number of carbonyl (C=O) groups is 2. The van der Waals surface area contributed by atoms with Gasteiger partial charge in [-0.3, -0.25) is 0 Å². The summed E-state index contributed by atoms with van der Waals surface area (Å²) in [6.45, 7) is 0. The van der Waals surface area contributed by atoms with Crippen LogP contribution in [0, 0.1) is 0 Å². The van der Waals surface area contributed by atoms with E-state index < -0.39 is 17.2 Å². The van der Waals surface area contributed by atoms with Gasteiger partial charge in [0.25, 0.3) is 0 Å². The fraction of sp³-hybridized carbons (Fsp3) is 0.200. The van der Waals surface area contributed by atoms with E-state index in [0.29, 0.717) is 22.4 Å². The molecule has 0 fully saturated rings. The SMILES string of the molecule is COc1ccccc1SC(C(=O)[O-])C(=O)[O-]. The molecule has 86 valence electrons. The first-order chi connectivity index (χ1) is 7.56. The molecule has 0 saturated carbocycles. The topological polar surface area (TPSA) is 89.5 Å². The van der Waals surface area contributed by atoms with E-state index in [9.17, 15) is 19.8 Å². The van der Waals surface area contributed by atoms with Gasteiger partial charge in [0.1, 0.15) is 5.75 Å². The molecule has 0 radical (unpaired) electrons. The minimum atomic E-state index is -1.75. The Kier molecular flexibility index (Phi) is 4.19. The number of methoxy groups -OCH3 is 1. The van der Waals surface area contributed by atoms with Crippen LogP contribution in [0.15, 0.2) is 29.2 Å². The van der Waals surface area contributed by atoms with Crippen molar-refractivity contribution in [1.82, 2.24) is 0 Å². The van der Waals surface area contributed by atoms with E-state index in [1.54, 1.807) is 24.3 Å². The fourth-order valence-corrected chi connectivity index (χ4v) is 1.91. The Morgan fingerprint density at radius 2 is 1.81 bits per heavy atom. The van der Waals surface area contributed by atoms with E-state index in [2.05, 4.69) is 0 Å². The molecule has 5 nitrogen and oxygen atoms in total. The summed E-state index contributed by atoms with van der Waals surface area (Å²) in [6.07, 6.45) is 0. The highest BCUT2D eigenvalue weighted by Gasteiger charge is 2.15. The van der Waals surface area contributed by atoms with Crippen LogP contribution in [-0.2, 0) is 9.59 Å². The fourth-order valence-electron chi connectivity index (χ4n) is 1.04. The van der Waals surface area contributed by atoms with Gasteiger partial charge in [-0.05, 0) is 12.1 Å². The second-order valence-electron chi connectivity index (χ2n) is 2.79. The third-order valence-electron chi connectivity index (χ3n) is 1.74. The predicted octanol–water partition coefficient (Wildman–Crippen LogP) is -1.34. The first-order valence-corrected chi connectivity index (χ1v) is 5.15. The zero-order valence-corrected chi connectivity index (χ0v) is 9.15. The van der Waals surface area contributed by atoms with Crippen LogP contribution in [0.2, 0.25) is 0 Å². The van der Waals surface area contributed by atoms with Crippen LogP contribution in [-0.4, -0.2) is 24.3 Å². The highest BCUT2D eigenvalue weighted by Crippen LogP contribution is 2.31. The van der Waals surface area contributed by atoms with Gasteiger partial charge in [0.05, 0.1) is 29.2 Å². The van der Waals surface area contributed by atoms with Gasteiger partial charge in [-0.2, -0.15) is 0 Å². The van der Waals surface area contributed by atoms with Gasteiger partial charge >= 0.3 is 0 Å². The quantitative estimate of drug-likeness (QED) is 0.467. The number of hydrogen-bond donors (Lipinski definition) is 0. The summed E-state index contributed by atoms with van der Waals surface area (Å²) in [6, 6.07) is 6.49. The molecule has 0 amide bonds. The lowest BCUT2D eigenvalue weighted by molar-refractivity contribution is -0.320. The van der Waals surface area contributed by atoms with Gasteiger partial charge < -0.3 is 24.5 Å². The molecule has 0 atom stereocenters. The molecule has 0 spiro atoms. The van der Waals surface area contributed by atoms with Crippen molar-refractivity contribution in [2.75, 3.05) is 7.11 Å². The number of ether oxygens (including phenoxy) is 1. The number of carboxylic acids is 2. The first-order valence-electron chi connectivity index (χ1n) is 4.27. The minimum absolute atomic E-state index is 0.403. The van der Waals surface area contributed by atoms with Gasteiger partial charge in [-0.1, -0.05) is 12.1 Å². The van der Waals surface area contributed by atoms with Crippen LogP contribution in [0.25, 0.3) is 0 Å². The zero-order chi connectivity index (χ0) is 12.1. The largest absolute Gasteiger partial charge is 0.549 e. The highest BCUT2D eigenvalue weighted by molar-refractivity contribution is 8.01. The van der Waals surface area contributed by atoms with E-state index in [4.69, 9.17) is 4.74 Å². The summed E-state index contributed by atoms with van der Waals surface area (Å²) in [7, 11) is 1.41. The number of rotatable bonds is 5. The molecular formula is C10H8O5S-2. The molecule has 6 heteroatoms. The van der Waals surface area contributed by atoms with Crippen molar-refractivity contribution in [3.8, 4) is 5.75 Å². The van der Waals surface area contributed by atoms with Gasteiger partial charge in [-0.25, -0.2) is 0 Å². The van der Waals surface area contributed by atoms with Crippen LogP contribution in [0.5, 0.6) is 5.75 Å². The highest BCUT2D eigenvalue weighted by atomic mass is 32.2. The Morgan fingerprint density at radius 1 is 1.25 bits per heavy atom. The number of para-hydroxylation sites is 1. The maximum absolute atomic E-state index is 10.6. The molecule has 0 unspecified atom stereocenters. The van der Waals surface area contributed by atoms with Crippen molar-refractivity contribution < 1.29 is 24.5 Å². The van der Waals surface area contributed by atoms with Crippen LogP contribution < -0.4 is 14.9 Å². The second kappa shape index (κ2) is 5.41. The normalized spacial score (nSPS) is 10.1. The number of hydrogen-bond acceptors (Lipinski definition) is 6. The molecule has 1 aromatic rings. The van der Waals surface area contributed by atoms with Gasteiger partial charge in [-0.15, -0.1) is 11.8 Å². The number of aliphatic carboxylic acids is 2. The van der Waals surface area contributed by atoms with Gasteiger partial charge in [0, 0.05) is 0 Å². The van der Waals surface area contributed by atoms with Crippen molar-refractivity contribution in [2.45, 2.75) is 10.1 Å². The Balaban J connectivity index is 2.93. The molecule has 1 aromatic carbocycles. The van der Waals surface area contributed by atoms with Crippen molar-refractivity contribution in [3.05, 3.63) is 24.3 Å². The molecular weight excluding hydrogens is 232 g/mol. The number of benzene rings is 1. The van der Waals surface area contributed by atoms with Crippen LogP contribution in [0.4, 0.5) is 0 Å². The van der Waals surface area contributed by atoms with Crippen molar-refractivity contribution >= 4 is 23.7 Å². The van der Waals surface area contributed by atoms with E-state index in [1.807, 2.05) is 0 Å². The molecule has 0 heterocycles. The number of thioether (sulfide) groups is 1. The molecule has 0 aromatic heterocycles. The van der Waals surface area contributed by atoms with Crippen LogP contribution in [0.1, 0.15) is 0 Å². The third kappa shape index (κ3) is 2.90. The third-order valence-corrected chi connectivity index (χ3v) is 2.95. The molecule has 0 aliphatic heterocycles. The summed E-state index contributed by atoms with van der Waals surface area (Å²) in [4.78, 5) is 21.5. The Labute approximate surface area is 96.0 Å². The number of carboxylic acid groups (broad SMARTS) is 2. The summed E-state index contributed by atoms with van der Waals surface area (Å²) in [5.74, 6) is -2.99. The summed E-state index contributed by atoms with van der Waals surface area (Å²) in [5.41, 5.74) is 0. The van der Waals surface area contributed by atoms with Gasteiger partial charge in [0.2, 0.25) is 0 Å². The molecule has 0 aliphatic rings. The maximum atomic E-state index is 10.6. The van der Waals surface area contributed by atoms with E-state index in [-0.39, 0.29) is 0 Å².